The fraction of sp³-hybridized carbons (Fsp3) is 0.385. The van der Waals surface area contributed by atoms with Crippen LogP contribution in [-0.2, 0) is 0 Å². The highest BCUT2D eigenvalue weighted by molar-refractivity contribution is 5.85. The Morgan fingerprint density at radius 3 is 2.65 bits per heavy atom. The predicted molar refractivity (Wildman–Crippen MR) is 69.0 cm³/mol. The highest BCUT2D eigenvalue weighted by Crippen LogP contribution is 2.22. The third kappa shape index (κ3) is 1.90. The summed E-state index contributed by atoms with van der Waals surface area (Å²) in [5, 5.41) is 0. The van der Waals surface area contributed by atoms with E-state index in [4.69, 9.17) is 0 Å². The van der Waals surface area contributed by atoms with Crippen molar-refractivity contribution in [3.05, 3.63) is 29.8 Å². The maximum absolute atomic E-state index is 11.0. The Bertz CT molecular complexity index is 555. The average Bonchev–Trinajstić information content (AvgIpc) is 2.66. The molecule has 0 amide bonds. The molecule has 4 heteroatoms. The summed E-state index contributed by atoms with van der Waals surface area (Å²) in [6, 6.07) is 4.01. The third-order valence-electron chi connectivity index (χ3n) is 2.83. The van der Waals surface area contributed by atoms with Gasteiger partial charge in [0, 0.05) is 31.9 Å². The molecule has 2 rings (SSSR count). The molecule has 0 atom stereocenters. The van der Waals surface area contributed by atoms with Gasteiger partial charge >= 0.3 is 0 Å². The van der Waals surface area contributed by atoms with Crippen molar-refractivity contribution < 1.29 is 4.79 Å². The largest absolute Gasteiger partial charge is 0.378 e. The maximum atomic E-state index is 11.0. The van der Waals surface area contributed by atoms with Crippen LogP contribution in [0.25, 0.3) is 5.52 Å². The van der Waals surface area contributed by atoms with Crippen LogP contribution in [-0.4, -0.2) is 29.8 Å². The molecular weight excluding hydrogens is 214 g/mol. The monoisotopic (exact) mass is 231 g/mol. The minimum atomic E-state index is 0.293. The normalized spacial score (nSPS) is 11.1. The van der Waals surface area contributed by atoms with Crippen molar-refractivity contribution >= 4 is 17.5 Å². The lowest BCUT2D eigenvalue weighted by atomic mass is 10.2. The number of fused-ring (bicyclic) bond motifs is 1. The number of anilines is 1. The molecule has 0 bridgehead atoms. The summed E-state index contributed by atoms with van der Waals surface area (Å²) < 4.78 is 1.99. The average molecular weight is 231 g/mol. The molecule has 2 aromatic rings. The lowest BCUT2D eigenvalue weighted by Gasteiger charge is -2.13. The first-order chi connectivity index (χ1) is 8.04. The van der Waals surface area contributed by atoms with Crippen LogP contribution in [0.4, 0.5) is 5.69 Å². The first-order valence-corrected chi connectivity index (χ1v) is 5.69. The molecule has 90 valence electrons. The zero-order chi connectivity index (χ0) is 12.6. The molecule has 0 unspecified atom stereocenters. The number of hydrogen-bond donors (Lipinski definition) is 0. The Balaban J connectivity index is 2.72. The highest BCUT2D eigenvalue weighted by atomic mass is 16.1. The van der Waals surface area contributed by atoms with Gasteiger partial charge in [0.05, 0.1) is 5.52 Å². The Morgan fingerprint density at radius 2 is 2.12 bits per heavy atom. The molecule has 0 radical (unpaired) electrons. The van der Waals surface area contributed by atoms with Crippen LogP contribution < -0.4 is 4.90 Å². The van der Waals surface area contributed by atoms with Crippen molar-refractivity contribution in [2.75, 3.05) is 19.0 Å². The van der Waals surface area contributed by atoms with Gasteiger partial charge in [0.2, 0.25) is 0 Å². The molecule has 0 aliphatic rings. The van der Waals surface area contributed by atoms with Gasteiger partial charge in [-0.1, -0.05) is 13.8 Å². The summed E-state index contributed by atoms with van der Waals surface area (Å²) in [5.41, 5.74) is 2.45. The quantitative estimate of drug-likeness (QED) is 0.761. The van der Waals surface area contributed by atoms with Crippen LogP contribution in [0.5, 0.6) is 0 Å². The van der Waals surface area contributed by atoms with E-state index < -0.39 is 0 Å². The molecule has 0 N–H and O–H groups in total. The van der Waals surface area contributed by atoms with E-state index in [1.807, 2.05) is 41.7 Å². The van der Waals surface area contributed by atoms with Crippen molar-refractivity contribution in [3.63, 3.8) is 0 Å². The molecule has 0 saturated heterocycles. The molecular formula is C13H17N3O. The zero-order valence-corrected chi connectivity index (χ0v) is 10.6. The number of aromatic nitrogens is 2. The molecule has 2 aromatic heterocycles. The smallest absolute Gasteiger partial charge is 0.170 e. The predicted octanol–water partition coefficient (Wildman–Crippen LogP) is 2.34. The SMILES string of the molecule is CC(C)c1nc(C=O)c2cc(N(C)C)ccn12. The van der Waals surface area contributed by atoms with Crippen molar-refractivity contribution in [2.24, 2.45) is 0 Å². The number of imidazole rings is 1. The highest BCUT2D eigenvalue weighted by Gasteiger charge is 2.13. The Labute approximate surface area is 101 Å². The van der Waals surface area contributed by atoms with Gasteiger partial charge in [-0.2, -0.15) is 0 Å². The summed E-state index contributed by atoms with van der Waals surface area (Å²) in [5.74, 6) is 1.22. The molecule has 17 heavy (non-hydrogen) atoms. The molecule has 4 nitrogen and oxygen atoms in total. The Hall–Kier alpha value is -1.84. The zero-order valence-electron chi connectivity index (χ0n) is 10.6. The Morgan fingerprint density at radius 1 is 1.41 bits per heavy atom. The van der Waals surface area contributed by atoms with E-state index in [1.165, 1.54) is 0 Å². The third-order valence-corrected chi connectivity index (χ3v) is 2.83. The number of carbonyl (C=O) groups excluding carboxylic acids is 1. The van der Waals surface area contributed by atoms with Gasteiger partial charge in [-0.05, 0) is 12.1 Å². The van der Waals surface area contributed by atoms with Crippen LogP contribution in [0.3, 0.4) is 0 Å². The standard InChI is InChI=1S/C13H17N3O/c1-9(2)13-14-11(8-17)12-7-10(15(3)4)5-6-16(12)13/h5-9H,1-4H3. The van der Waals surface area contributed by atoms with E-state index in [-0.39, 0.29) is 0 Å². The number of nitrogens with zero attached hydrogens (tertiary/aromatic N) is 3. The second-order valence-corrected chi connectivity index (χ2v) is 4.66. The number of pyridine rings is 1. The van der Waals surface area contributed by atoms with Gasteiger partial charge in [-0.15, -0.1) is 0 Å². The van der Waals surface area contributed by atoms with Crippen molar-refractivity contribution in [1.29, 1.82) is 0 Å². The molecule has 0 saturated carbocycles. The van der Waals surface area contributed by atoms with E-state index in [2.05, 4.69) is 18.8 Å². The second-order valence-electron chi connectivity index (χ2n) is 4.66. The fourth-order valence-corrected chi connectivity index (χ4v) is 1.89. The van der Waals surface area contributed by atoms with E-state index in [1.54, 1.807) is 0 Å². The van der Waals surface area contributed by atoms with Gasteiger partial charge in [0.1, 0.15) is 11.5 Å². The first kappa shape index (κ1) is 11.6. The van der Waals surface area contributed by atoms with E-state index in [9.17, 15) is 4.79 Å². The van der Waals surface area contributed by atoms with Crippen LogP contribution in [0.15, 0.2) is 18.3 Å². The van der Waals surface area contributed by atoms with Crippen molar-refractivity contribution in [3.8, 4) is 0 Å². The van der Waals surface area contributed by atoms with Crippen LogP contribution >= 0.6 is 0 Å². The molecule has 0 aliphatic carbocycles. The van der Waals surface area contributed by atoms with Crippen molar-refractivity contribution in [2.45, 2.75) is 19.8 Å². The van der Waals surface area contributed by atoms with E-state index in [0.717, 1.165) is 23.3 Å². The number of hydrogen-bond acceptors (Lipinski definition) is 3. The summed E-state index contributed by atoms with van der Waals surface area (Å²) in [7, 11) is 3.96. The molecule has 0 spiro atoms. The number of aldehydes is 1. The molecule has 0 fully saturated rings. The fourth-order valence-electron chi connectivity index (χ4n) is 1.89. The summed E-state index contributed by atoms with van der Waals surface area (Å²) in [4.78, 5) is 17.4. The topological polar surface area (TPSA) is 37.6 Å². The van der Waals surface area contributed by atoms with Crippen LogP contribution in [0, 0.1) is 0 Å². The Kier molecular flexibility index (Phi) is 2.88. The first-order valence-electron chi connectivity index (χ1n) is 5.69. The van der Waals surface area contributed by atoms with Gasteiger partial charge < -0.3 is 9.30 Å². The van der Waals surface area contributed by atoms with E-state index in [0.29, 0.717) is 11.6 Å². The summed E-state index contributed by atoms with van der Waals surface area (Å²) in [6.07, 6.45) is 2.79. The lowest BCUT2D eigenvalue weighted by molar-refractivity contribution is 0.112. The van der Waals surface area contributed by atoms with Crippen molar-refractivity contribution in [1.82, 2.24) is 9.38 Å². The summed E-state index contributed by atoms with van der Waals surface area (Å²) >= 11 is 0. The van der Waals surface area contributed by atoms with Crippen LogP contribution in [0.1, 0.15) is 36.1 Å². The lowest BCUT2D eigenvalue weighted by Crippen LogP contribution is -2.09. The minimum absolute atomic E-state index is 0.293. The van der Waals surface area contributed by atoms with E-state index >= 15 is 0 Å². The maximum Gasteiger partial charge on any atom is 0.170 e. The van der Waals surface area contributed by atoms with Gasteiger partial charge in [-0.25, -0.2) is 4.98 Å². The number of rotatable bonds is 3. The minimum Gasteiger partial charge on any atom is -0.378 e. The summed E-state index contributed by atoms with van der Waals surface area (Å²) in [6.45, 7) is 4.15. The van der Waals surface area contributed by atoms with Gasteiger partial charge in [0.25, 0.3) is 0 Å². The van der Waals surface area contributed by atoms with Crippen LogP contribution in [0.2, 0.25) is 0 Å². The molecule has 0 aliphatic heterocycles. The molecule has 2 heterocycles. The number of carbonyl (C=O) groups is 1. The molecule has 0 aromatic carbocycles. The van der Waals surface area contributed by atoms with Gasteiger partial charge in [-0.3, -0.25) is 4.79 Å². The van der Waals surface area contributed by atoms with Gasteiger partial charge in [0.15, 0.2) is 6.29 Å². The second kappa shape index (κ2) is 4.20.